The first kappa shape index (κ1) is 17.5. The Morgan fingerprint density at radius 2 is 2.16 bits per heavy atom. The van der Waals surface area contributed by atoms with E-state index in [2.05, 4.69) is 22.1 Å². The zero-order valence-corrected chi connectivity index (χ0v) is 14.7. The predicted molar refractivity (Wildman–Crippen MR) is 97.4 cm³/mol. The lowest BCUT2D eigenvalue weighted by Gasteiger charge is -2.19. The molecule has 1 fully saturated rings. The summed E-state index contributed by atoms with van der Waals surface area (Å²) in [4.78, 5) is 24.2. The number of hydrogen-bond acceptors (Lipinski definition) is 3. The number of anilines is 1. The molecule has 134 valence electrons. The molecule has 0 unspecified atom stereocenters. The Bertz CT molecular complexity index is 762. The molecule has 2 aromatic rings. The van der Waals surface area contributed by atoms with Gasteiger partial charge < -0.3 is 19.9 Å². The zero-order chi connectivity index (χ0) is 17.8. The number of rotatable bonds is 5. The second-order valence-corrected chi connectivity index (χ2v) is 6.55. The van der Waals surface area contributed by atoms with Crippen LogP contribution in [0.15, 0.2) is 30.5 Å². The molecule has 2 amide bonds. The van der Waals surface area contributed by atoms with Gasteiger partial charge in [-0.15, -0.1) is 0 Å². The molecule has 0 bridgehead atoms. The number of nitrogens with one attached hydrogen (secondary N) is 2. The number of amides is 2. The summed E-state index contributed by atoms with van der Waals surface area (Å²) in [6, 6.07) is 7.51. The number of fused-ring (bicyclic) bond motifs is 1. The van der Waals surface area contributed by atoms with E-state index in [4.69, 9.17) is 4.74 Å². The molecule has 1 aliphatic rings. The maximum Gasteiger partial charge on any atom is 0.313 e. The summed E-state index contributed by atoms with van der Waals surface area (Å²) in [7, 11) is 0. The molecule has 0 radical (unpaired) electrons. The van der Waals surface area contributed by atoms with Crippen molar-refractivity contribution in [2.24, 2.45) is 0 Å². The lowest BCUT2D eigenvalue weighted by Crippen LogP contribution is -2.45. The molecule has 0 saturated carbocycles. The van der Waals surface area contributed by atoms with E-state index in [1.807, 2.05) is 37.4 Å². The van der Waals surface area contributed by atoms with E-state index in [0.29, 0.717) is 5.69 Å². The molecule has 1 saturated heterocycles. The van der Waals surface area contributed by atoms with Gasteiger partial charge in [0.1, 0.15) is 0 Å². The average molecular weight is 343 g/mol. The van der Waals surface area contributed by atoms with E-state index < -0.39 is 11.8 Å². The lowest BCUT2D eigenvalue weighted by atomic mass is 10.1. The number of carbonyl (C=O) groups excluding carboxylic acids is 2. The van der Waals surface area contributed by atoms with E-state index in [0.717, 1.165) is 43.3 Å². The van der Waals surface area contributed by atoms with Gasteiger partial charge in [0.05, 0.1) is 12.1 Å². The molecule has 3 rings (SSSR count). The summed E-state index contributed by atoms with van der Waals surface area (Å²) in [5.41, 5.74) is 1.74. The molecule has 1 aromatic heterocycles. The molecule has 2 N–H and O–H groups in total. The second-order valence-electron chi connectivity index (χ2n) is 6.55. The summed E-state index contributed by atoms with van der Waals surface area (Å²) in [5.74, 6) is -1.29. The number of ether oxygens (including phenoxy) is 1. The largest absolute Gasteiger partial charge is 0.376 e. The van der Waals surface area contributed by atoms with Crippen LogP contribution in [-0.2, 0) is 20.9 Å². The fourth-order valence-corrected chi connectivity index (χ4v) is 3.26. The Balaban J connectivity index is 1.61. The molecule has 0 aliphatic carbocycles. The van der Waals surface area contributed by atoms with Gasteiger partial charge in [0.25, 0.3) is 0 Å². The molecule has 2 heterocycles. The van der Waals surface area contributed by atoms with Crippen molar-refractivity contribution in [1.82, 2.24) is 9.88 Å². The van der Waals surface area contributed by atoms with Crippen LogP contribution in [0.3, 0.4) is 0 Å². The molecule has 2 atom stereocenters. The van der Waals surface area contributed by atoms with Crippen molar-refractivity contribution in [3.63, 3.8) is 0 Å². The Morgan fingerprint density at radius 3 is 2.88 bits per heavy atom. The minimum atomic E-state index is -0.655. The predicted octanol–water partition coefficient (Wildman–Crippen LogP) is 2.67. The molecule has 0 spiro atoms. The summed E-state index contributed by atoms with van der Waals surface area (Å²) in [6.45, 7) is 5.67. The van der Waals surface area contributed by atoms with Gasteiger partial charge in [-0.05, 0) is 50.5 Å². The lowest BCUT2D eigenvalue weighted by molar-refractivity contribution is -0.137. The van der Waals surface area contributed by atoms with E-state index in [1.165, 1.54) is 0 Å². The summed E-state index contributed by atoms with van der Waals surface area (Å²) < 4.78 is 7.71. The quantitative estimate of drug-likeness (QED) is 0.820. The van der Waals surface area contributed by atoms with Gasteiger partial charge >= 0.3 is 11.8 Å². The maximum atomic E-state index is 12.1. The van der Waals surface area contributed by atoms with Crippen molar-refractivity contribution in [3.8, 4) is 0 Å². The highest BCUT2D eigenvalue weighted by molar-refractivity contribution is 6.39. The summed E-state index contributed by atoms with van der Waals surface area (Å²) in [5, 5.41) is 6.43. The fraction of sp³-hybridized carbons (Fsp3) is 0.474. The fourth-order valence-electron chi connectivity index (χ4n) is 3.26. The van der Waals surface area contributed by atoms with Crippen LogP contribution in [0.4, 0.5) is 5.69 Å². The van der Waals surface area contributed by atoms with Crippen LogP contribution in [0.25, 0.3) is 10.9 Å². The number of aryl methyl sites for hydroxylation is 1. The minimum Gasteiger partial charge on any atom is -0.376 e. The molecular formula is C19H25N3O3. The summed E-state index contributed by atoms with van der Waals surface area (Å²) >= 11 is 0. The molecule has 6 nitrogen and oxygen atoms in total. The molecular weight excluding hydrogens is 318 g/mol. The molecule has 1 aromatic carbocycles. The summed E-state index contributed by atoms with van der Waals surface area (Å²) in [6.07, 6.45) is 5.00. The third-order valence-electron chi connectivity index (χ3n) is 4.58. The van der Waals surface area contributed by atoms with Gasteiger partial charge in [0, 0.05) is 35.9 Å². The van der Waals surface area contributed by atoms with Crippen LogP contribution >= 0.6 is 0 Å². The van der Waals surface area contributed by atoms with Gasteiger partial charge in [0.15, 0.2) is 0 Å². The van der Waals surface area contributed by atoms with Crippen molar-refractivity contribution in [2.75, 3.05) is 11.9 Å². The Kier molecular flexibility index (Phi) is 5.38. The first-order valence-corrected chi connectivity index (χ1v) is 8.91. The zero-order valence-electron chi connectivity index (χ0n) is 14.7. The smallest absolute Gasteiger partial charge is 0.313 e. The highest BCUT2D eigenvalue weighted by Crippen LogP contribution is 2.21. The first-order valence-electron chi connectivity index (χ1n) is 8.91. The normalized spacial score (nSPS) is 18.2. The Hall–Kier alpha value is -2.34. The molecule has 1 aliphatic heterocycles. The first-order chi connectivity index (χ1) is 12.1. The monoisotopic (exact) mass is 343 g/mol. The minimum absolute atomic E-state index is 0.00793. The highest BCUT2D eigenvalue weighted by atomic mass is 16.5. The van der Waals surface area contributed by atoms with Crippen molar-refractivity contribution in [1.29, 1.82) is 0 Å². The number of aromatic nitrogens is 1. The number of benzene rings is 1. The average Bonchev–Trinajstić information content (AvgIpc) is 3.25. The van der Waals surface area contributed by atoms with Gasteiger partial charge in [-0.25, -0.2) is 0 Å². The topological polar surface area (TPSA) is 72.4 Å². The van der Waals surface area contributed by atoms with Crippen LogP contribution in [0.2, 0.25) is 0 Å². The van der Waals surface area contributed by atoms with Crippen LogP contribution in [-0.4, -0.2) is 35.1 Å². The van der Waals surface area contributed by atoms with E-state index >= 15 is 0 Å². The third-order valence-corrected chi connectivity index (χ3v) is 4.58. The van der Waals surface area contributed by atoms with Crippen molar-refractivity contribution in [3.05, 3.63) is 30.5 Å². The third kappa shape index (κ3) is 4.02. The van der Waals surface area contributed by atoms with Crippen LogP contribution < -0.4 is 10.6 Å². The molecule has 25 heavy (non-hydrogen) atoms. The second kappa shape index (κ2) is 7.70. The van der Waals surface area contributed by atoms with E-state index in [9.17, 15) is 9.59 Å². The van der Waals surface area contributed by atoms with Gasteiger partial charge in [0.2, 0.25) is 0 Å². The van der Waals surface area contributed by atoms with Crippen molar-refractivity contribution in [2.45, 2.75) is 51.8 Å². The van der Waals surface area contributed by atoms with Gasteiger partial charge in [-0.2, -0.15) is 0 Å². The number of nitrogens with zero attached hydrogens (tertiary/aromatic N) is 1. The SMILES string of the molecule is CCCn1ccc2cc(NC(=O)C(=O)N[C@H](C)[C@@H]3CCCO3)ccc21. The standard InChI is InChI=1S/C19H25N3O3/c1-3-9-22-10-8-14-12-15(6-7-16(14)22)21-19(24)18(23)20-13(2)17-5-4-11-25-17/h6-8,10,12-13,17H,3-5,9,11H2,1-2H3,(H,20,23)(H,21,24)/t13-,17+/m1/s1. The van der Waals surface area contributed by atoms with Crippen molar-refractivity contribution < 1.29 is 14.3 Å². The Labute approximate surface area is 147 Å². The number of carbonyl (C=O) groups is 2. The highest BCUT2D eigenvalue weighted by Gasteiger charge is 2.25. The van der Waals surface area contributed by atoms with Crippen LogP contribution in [0.5, 0.6) is 0 Å². The van der Waals surface area contributed by atoms with Crippen LogP contribution in [0, 0.1) is 0 Å². The van der Waals surface area contributed by atoms with E-state index in [-0.39, 0.29) is 12.1 Å². The molecule has 6 heteroatoms. The van der Waals surface area contributed by atoms with Crippen LogP contribution in [0.1, 0.15) is 33.1 Å². The Morgan fingerprint density at radius 1 is 1.32 bits per heavy atom. The van der Waals surface area contributed by atoms with Crippen molar-refractivity contribution >= 4 is 28.4 Å². The maximum absolute atomic E-state index is 12.1. The van der Waals surface area contributed by atoms with Gasteiger partial charge in [-0.1, -0.05) is 6.92 Å². The van der Waals surface area contributed by atoms with Gasteiger partial charge in [-0.3, -0.25) is 9.59 Å². The number of hydrogen-bond donors (Lipinski definition) is 2. The van der Waals surface area contributed by atoms with E-state index in [1.54, 1.807) is 0 Å².